The summed E-state index contributed by atoms with van der Waals surface area (Å²) in [6.07, 6.45) is -20.2. The second-order valence-corrected chi connectivity index (χ2v) is 2.65. The summed E-state index contributed by atoms with van der Waals surface area (Å²) >= 11 is 4.38. The molecule has 0 spiro atoms. The summed E-state index contributed by atoms with van der Waals surface area (Å²) in [5, 5.41) is 0. The van der Waals surface area contributed by atoms with Crippen molar-refractivity contribution in [2.24, 2.45) is 0 Å². The van der Waals surface area contributed by atoms with Gasteiger partial charge in [-0.2, -0.15) is 39.5 Å². The second-order valence-electron chi connectivity index (χ2n) is 2.43. The van der Waals surface area contributed by atoms with E-state index in [4.69, 9.17) is 0 Å². The molecule has 0 heterocycles. The molecule has 0 aliphatic carbocycles. The maximum atomic E-state index is 11.9. The molecule has 11 heteroatoms. The third-order valence-electron chi connectivity index (χ3n) is 1.47. The highest BCUT2D eigenvalue weighted by Gasteiger charge is 2.85. The van der Waals surface area contributed by atoms with Crippen molar-refractivity contribution in [3.05, 3.63) is 0 Å². The van der Waals surface area contributed by atoms with Gasteiger partial charge in [-0.25, -0.2) is 0 Å². The fraction of sp³-hybridized carbons (Fsp3) is 1.00. The van der Waals surface area contributed by atoms with E-state index in [1.165, 1.54) is 0 Å². The van der Waals surface area contributed by atoms with Crippen LogP contribution in [0.5, 0.6) is 0 Å². The molecular formula is C5H2ClF9O. The van der Waals surface area contributed by atoms with Crippen LogP contribution in [0.25, 0.3) is 0 Å². The molecule has 0 saturated carbocycles. The number of alkyl halides is 10. The Bertz CT molecular complexity index is 202. The Hall–Kier alpha value is -0.380. The summed E-state index contributed by atoms with van der Waals surface area (Å²) in [5.74, 6) is 0. The zero-order chi connectivity index (χ0) is 13.4. The monoisotopic (exact) mass is 284 g/mol. The van der Waals surface area contributed by atoms with Crippen LogP contribution in [0.2, 0.25) is 0 Å². The number of hydrogen-bond donors (Lipinski definition) is 0. The van der Waals surface area contributed by atoms with Crippen molar-refractivity contribution in [2.75, 3.05) is 6.07 Å². The van der Waals surface area contributed by atoms with Crippen LogP contribution < -0.4 is 0 Å². The number of rotatable bonds is 2. The van der Waals surface area contributed by atoms with E-state index in [-0.39, 0.29) is 0 Å². The van der Waals surface area contributed by atoms with Crippen molar-refractivity contribution in [1.82, 2.24) is 0 Å². The van der Waals surface area contributed by atoms with Gasteiger partial charge in [-0.1, -0.05) is 11.6 Å². The summed E-state index contributed by atoms with van der Waals surface area (Å²) in [5.41, 5.74) is -6.27. The van der Waals surface area contributed by atoms with Crippen molar-refractivity contribution in [2.45, 2.75) is 24.1 Å². The Labute approximate surface area is 87.1 Å². The maximum Gasteiger partial charge on any atom is 0.435 e. The van der Waals surface area contributed by atoms with Gasteiger partial charge in [0.25, 0.3) is 0 Å². The van der Waals surface area contributed by atoms with Gasteiger partial charge in [0.1, 0.15) is 6.07 Å². The number of hydrogen-bond acceptors (Lipinski definition) is 1. The molecule has 0 N–H and O–H groups in total. The molecule has 0 aromatic heterocycles. The van der Waals surface area contributed by atoms with E-state index in [1.54, 1.807) is 0 Å². The lowest BCUT2D eigenvalue weighted by molar-refractivity contribution is -0.454. The van der Waals surface area contributed by atoms with E-state index >= 15 is 0 Å². The van der Waals surface area contributed by atoms with E-state index in [2.05, 4.69) is 16.3 Å². The van der Waals surface area contributed by atoms with E-state index in [0.29, 0.717) is 0 Å². The molecule has 0 saturated heterocycles. The van der Waals surface area contributed by atoms with Gasteiger partial charge in [0.15, 0.2) is 0 Å². The first-order chi connectivity index (χ1) is 6.81. The normalized spacial score (nSPS) is 15.4. The zero-order valence-electron chi connectivity index (χ0n) is 6.89. The Morgan fingerprint density at radius 3 is 1.00 bits per heavy atom. The lowest BCUT2D eigenvalue weighted by atomic mass is 10.0. The lowest BCUT2D eigenvalue weighted by Gasteiger charge is -2.37. The van der Waals surface area contributed by atoms with E-state index in [1.807, 2.05) is 0 Å². The van der Waals surface area contributed by atoms with E-state index in [9.17, 15) is 39.5 Å². The molecule has 0 unspecified atom stereocenters. The van der Waals surface area contributed by atoms with Crippen LogP contribution in [0.15, 0.2) is 0 Å². The number of ether oxygens (including phenoxy) is 1. The van der Waals surface area contributed by atoms with Crippen LogP contribution in [0, 0.1) is 0 Å². The van der Waals surface area contributed by atoms with Crippen LogP contribution in [0.1, 0.15) is 0 Å². The molecule has 0 aromatic carbocycles. The minimum absolute atomic E-state index is 1.92. The average Bonchev–Trinajstić information content (AvgIpc) is 1.91. The molecule has 0 aliphatic rings. The van der Waals surface area contributed by atoms with Crippen molar-refractivity contribution in [3.8, 4) is 0 Å². The number of halogens is 10. The molecule has 0 fully saturated rings. The van der Waals surface area contributed by atoms with E-state index in [0.717, 1.165) is 0 Å². The largest absolute Gasteiger partial charge is 0.435 e. The van der Waals surface area contributed by atoms with Gasteiger partial charge >= 0.3 is 24.1 Å². The molecule has 0 rings (SSSR count). The highest BCUT2D eigenvalue weighted by atomic mass is 35.5. The summed E-state index contributed by atoms with van der Waals surface area (Å²) in [7, 11) is 0. The van der Waals surface area contributed by atoms with Gasteiger partial charge in [0.05, 0.1) is 0 Å². The summed E-state index contributed by atoms with van der Waals surface area (Å²) in [6.45, 7) is 0. The highest BCUT2D eigenvalue weighted by Crippen LogP contribution is 2.54. The van der Waals surface area contributed by atoms with Crippen LogP contribution in [-0.2, 0) is 4.74 Å². The highest BCUT2D eigenvalue weighted by molar-refractivity contribution is 6.17. The minimum Gasteiger partial charge on any atom is -0.335 e. The van der Waals surface area contributed by atoms with Gasteiger partial charge in [-0.15, -0.1) is 0 Å². The van der Waals surface area contributed by atoms with E-state index < -0.39 is 30.2 Å². The molecule has 0 aromatic rings. The van der Waals surface area contributed by atoms with Crippen LogP contribution >= 0.6 is 11.6 Å². The molecule has 0 aliphatic heterocycles. The molecule has 0 atom stereocenters. The predicted octanol–water partition coefficient (Wildman–Crippen LogP) is 3.62. The van der Waals surface area contributed by atoms with Gasteiger partial charge in [0.2, 0.25) is 0 Å². The molecule has 16 heavy (non-hydrogen) atoms. The van der Waals surface area contributed by atoms with Crippen molar-refractivity contribution in [1.29, 1.82) is 0 Å². The first-order valence-corrected chi connectivity index (χ1v) is 3.75. The third kappa shape index (κ3) is 2.31. The fourth-order valence-corrected chi connectivity index (χ4v) is 0.973. The van der Waals surface area contributed by atoms with Crippen LogP contribution in [0.4, 0.5) is 39.5 Å². The SMILES string of the molecule is FC(F)(F)C(OCCl)(C(F)(F)F)C(F)(F)F. The molecular weight excluding hydrogens is 282 g/mol. The second kappa shape index (κ2) is 4.13. The van der Waals surface area contributed by atoms with Gasteiger partial charge in [0, 0.05) is 0 Å². The Kier molecular flexibility index (Phi) is 4.03. The third-order valence-corrected chi connectivity index (χ3v) is 1.58. The minimum atomic E-state index is -6.72. The van der Waals surface area contributed by atoms with Crippen LogP contribution in [-0.4, -0.2) is 30.2 Å². The van der Waals surface area contributed by atoms with Gasteiger partial charge < -0.3 is 4.74 Å². The zero-order valence-corrected chi connectivity index (χ0v) is 7.65. The maximum absolute atomic E-state index is 11.9. The molecule has 0 amide bonds. The van der Waals surface area contributed by atoms with Crippen molar-refractivity contribution in [3.63, 3.8) is 0 Å². The Morgan fingerprint density at radius 2 is 0.938 bits per heavy atom. The molecule has 0 bridgehead atoms. The quantitative estimate of drug-likeness (QED) is 0.556. The fourth-order valence-electron chi connectivity index (χ4n) is 0.809. The van der Waals surface area contributed by atoms with Gasteiger partial charge in [-0.3, -0.25) is 0 Å². The average molecular weight is 285 g/mol. The summed E-state index contributed by atoms with van der Waals surface area (Å²) in [4.78, 5) is 0. The molecule has 98 valence electrons. The van der Waals surface area contributed by atoms with Crippen LogP contribution in [0.3, 0.4) is 0 Å². The van der Waals surface area contributed by atoms with Crippen molar-refractivity contribution >= 4 is 11.6 Å². The lowest BCUT2D eigenvalue weighted by Crippen LogP contribution is -2.67. The Morgan fingerprint density at radius 1 is 0.688 bits per heavy atom. The molecule has 0 radical (unpaired) electrons. The standard InChI is InChI=1S/C5H2ClF9O/c6-1-16-2(3(7,8)9,4(10,11)12)5(13,14)15/h1H2. The Balaban J connectivity index is 5.82. The first kappa shape index (κ1) is 15.6. The van der Waals surface area contributed by atoms with Crippen molar-refractivity contribution < 1.29 is 44.3 Å². The first-order valence-electron chi connectivity index (χ1n) is 3.21. The topological polar surface area (TPSA) is 9.23 Å². The smallest absolute Gasteiger partial charge is 0.335 e. The van der Waals surface area contributed by atoms with Gasteiger partial charge in [-0.05, 0) is 0 Å². The summed E-state index contributed by atoms with van der Waals surface area (Å²) in [6, 6.07) is -1.92. The predicted molar refractivity (Wildman–Crippen MR) is 32.7 cm³/mol. The summed E-state index contributed by atoms with van der Waals surface area (Å²) < 4.78 is 110. The molecule has 1 nitrogen and oxygen atoms in total.